The summed E-state index contributed by atoms with van der Waals surface area (Å²) in [4.78, 5) is 0. The third-order valence-corrected chi connectivity index (χ3v) is 3.85. The van der Waals surface area contributed by atoms with Gasteiger partial charge in [-0.1, -0.05) is 6.08 Å². The van der Waals surface area contributed by atoms with Crippen LogP contribution >= 0.6 is 0 Å². The van der Waals surface area contributed by atoms with E-state index in [1.54, 1.807) is 24.3 Å². The van der Waals surface area contributed by atoms with E-state index in [0.29, 0.717) is 16.9 Å². The zero-order chi connectivity index (χ0) is 12.5. The van der Waals surface area contributed by atoms with Gasteiger partial charge in [0.1, 0.15) is 0 Å². The maximum absolute atomic E-state index is 11.2. The van der Waals surface area contributed by atoms with Gasteiger partial charge in [0.2, 0.25) is 0 Å². The van der Waals surface area contributed by atoms with Gasteiger partial charge in [-0.05, 0) is 18.2 Å². The van der Waals surface area contributed by atoms with Gasteiger partial charge in [-0.25, -0.2) is 8.42 Å². The van der Waals surface area contributed by atoms with E-state index in [4.69, 9.17) is 11.0 Å². The number of hydrogen-bond acceptors (Lipinski definition) is 5. The standard InChI is InChI=1S/C11H11N3O2S/c12-6-8-1-2-10(13)11(5-8)14-9-3-4-17(15,16)7-9/h1-5,9,14H,7,13H2. The summed E-state index contributed by atoms with van der Waals surface area (Å²) < 4.78 is 22.5. The van der Waals surface area contributed by atoms with Gasteiger partial charge in [0.05, 0.1) is 34.8 Å². The Balaban J connectivity index is 2.21. The van der Waals surface area contributed by atoms with Crippen LogP contribution in [0.5, 0.6) is 0 Å². The summed E-state index contributed by atoms with van der Waals surface area (Å²) in [6, 6.07) is 6.55. The molecular formula is C11H11N3O2S. The molecule has 88 valence electrons. The Morgan fingerprint density at radius 3 is 2.82 bits per heavy atom. The Bertz CT molecular complexity index is 614. The molecule has 2 rings (SSSR count). The molecule has 3 N–H and O–H groups in total. The largest absolute Gasteiger partial charge is 0.397 e. The fourth-order valence-electron chi connectivity index (χ4n) is 1.62. The van der Waals surface area contributed by atoms with E-state index in [9.17, 15) is 8.42 Å². The first kappa shape index (κ1) is 11.5. The summed E-state index contributed by atoms with van der Waals surface area (Å²) >= 11 is 0. The molecule has 1 aliphatic heterocycles. The summed E-state index contributed by atoms with van der Waals surface area (Å²) in [5, 5.41) is 13.0. The minimum Gasteiger partial charge on any atom is -0.397 e. The topological polar surface area (TPSA) is 96.0 Å². The average Bonchev–Trinajstić information content (AvgIpc) is 2.61. The van der Waals surface area contributed by atoms with Gasteiger partial charge in [-0.15, -0.1) is 0 Å². The van der Waals surface area contributed by atoms with Crippen LogP contribution in [0, 0.1) is 11.3 Å². The van der Waals surface area contributed by atoms with Gasteiger partial charge >= 0.3 is 0 Å². The summed E-state index contributed by atoms with van der Waals surface area (Å²) in [6.07, 6.45) is 1.58. The van der Waals surface area contributed by atoms with E-state index >= 15 is 0 Å². The lowest BCUT2D eigenvalue weighted by Gasteiger charge is -2.13. The second-order valence-electron chi connectivity index (χ2n) is 3.82. The highest BCUT2D eigenvalue weighted by Gasteiger charge is 2.21. The first-order valence-electron chi connectivity index (χ1n) is 4.97. The highest BCUT2D eigenvalue weighted by molar-refractivity contribution is 7.94. The van der Waals surface area contributed by atoms with Crippen LogP contribution in [0.3, 0.4) is 0 Å². The molecule has 0 amide bonds. The quantitative estimate of drug-likeness (QED) is 0.758. The molecule has 17 heavy (non-hydrogen) atoms. The monoisotopic (exact) mass is 249 g/mol. The molecule has 1 aliphatic rings. The molecule has 5 nitrogen and oxygen atoms in total. The van der Waals surface area contributed by atoms with Crippen molar-refractivity contribution in [2.75, 3.05) is 16.8 Å². The van der Waals surface area contributed by atoms with Crippen molar-refractivity contribution in [2.24, 2.45) is 0 Å². The minimum absolute atomic E-state index is 0.0171. The van der Waals surface area contributed by atoms with Crippen molar-refractivity contribution < 1.29 is 8.42 Å². The average molecular weight is 249 g/mol. The Labute approximate surface area is 99.5 Å². The molecule has 6 heteroatoms. The lowest BCUT2D eigenvalue weighted by Crippen LogP contribution is -2.21. The Morgan fingerprint density at radius 1 is 1.47 bits per heavy atom. The minimum atomic E-state index is -3.09. The number of sulfone groups is 1. The van der Waals surface area contributed by atoms with Crippen LogP contribution < -0.4 is 11.1 Å². The highest BCUT2D eigenvalue weighted by Crippen LogP contribution is 2.22. The molecule has 0 saturated heterocycles. The number of nitrogens with one attached hydrogen (secondary N) is 1. The molecule has 0 bridgehead atoms. The van der Waals surface area contributed by atoms with Gasteiger partial charge in [-0.3, -0.25) is 0 Å². The zero-order valence-corrected chi connectivity index (χ0v) is 9.74. The summed E-state index contributed by atoms with van der Waals surface area (Å²) in [7, 11) is -3.09. The van der Waals surface area contributed by atoms with Crippen LogP contribution in [0.15, 0.2) is 29.7 Å². The van der Waals surface area contributed by atoms with Gasteiger partial charge in [0.15, 0.2) is 9.84 Å². The van der Waals surface area contributed by atoms with Gasteiger partial charge in [-0.2, -0.15) is 5.26 Å². The van der Waals surface area contributed by atoms with Gasteiger partial charge in [0.25, 0.3) is 0 Å². The molecule has 0 spiro atoms. The van der Waals surface area contributed by atoms with Crippen molar-refractivity contribution in [3.63, 3.8) is 0 Å². The molecule has 1 unspecified atom stereocenters. The Morgan fingerprint density at radius 2 is 2.24 bits per heavy atom. The number of benzene rings is 1. The van der Waals surface area contributed by atoms with Crippen molar-refractivity contribution in [3.05, 3.63) is 35.2 Å². The van der Waals surface area contributed by atoms with Crippen LogP contribution in [0.1, 0.15) is 5.56 Å². The first-order chi connectivity index (χ1) is 8.00. The van der Waals surface area contributed by atoms with Crippen LogP contribution in [0.2, 0.25) is 0 Å². The number of nitrogens with two attached hydrogens (primary N) is 1. The second kappa shape index (κ2) is 4.11. The Hall–Kier alpha value is -2.00. The molecule has 1 heterocycles. The van der Waals surface area contributed by atoms with Crippen molar-refractivity contribution >= 4 is 21.2 Å². The van der Waals surface area contributed by atoms with Crippen molar-refractivity contribution in [1.29, 1.82) is 5.26 Å². The smallest absolute Gasteiger partial charge is 0.173 e. The van der Waals surface area contributed by atoms with Crippen LogP contribution in [-0.4, -0.2) is 20.2 Å². The zero-order valence-electron chi connectivity index (χ0n) is 8.92. The summed E-state index contributed by atoms with van der Waals surface area (Å²) in [6.45, 7) is 0. The molecule has 1 aromatic rings. The molecule has 1 aromatic carbocycles. The lowest BCUT2D eigenvalue weighted by molar-refractivity contribution is 0.605. The van der Waals surface area contributed by atoms with E-state index < -0.39 is 9.84 Å². The number of hydrogen-bond donors (Lipinski definition) is 2. The van der Waals surface area contributed by atoms with Crippen LogP contribution in [0.4, 0.5) is 11.4 Å². The molecule has 0 fully saturated rings. The number of rotatable bonds is 2. The maximum Gasteiger partial charge on any atom is 0.173 e. The van der Waals surface area contributed by atoms with E-state index in [0.717, 1.165) is 0 Å². The van der Waals surface area contributed by atoms with Crippen LogP contribution in [-0.2, 0) is 9.84 Å². The van der Waals surface area contributed by atoms with E-state index in [-0.39, 0.29) is 11.8 Å². The summed E-state index contributed by atoms with van der Waals surface area (Å²) in [5.41, 5.74) is 7.29. The second-order valence-corrected chi connectivity index (χ2v) is 5.75. The third kappa shape index (κ3) is 2.57. The van der Waals surface area contributed by atoms with E-state index in [1.165, 1.54) is 5.41 Å². The maximum atomic E-state index is 11.2. The Kier molecular flexibility index (Phi) is 2.77. The fraction of sp³-hybridized carbons (Fsp3) is 0.182. The number of nitrogens with zero attached hydrogens (tertiary/aromatic N) is 1. The van der Waals surface area contributed by atoms with Crippen molar-refractivity contribution in [1.82, 2.24) is 0 Å². The molecule has 0 radical (unpaired) electrons. The highest BCUT2D eigenvalue weighted by atomic mass is 32.2. The fourth-order valence-corrected chi connectivity index (χ4v) is 2.85. The molecule has 1 atom stereocenters. The molecule has 0 aromatic heterocycles. The van der Waals surface area contributed by atoms with Gasteiger partial charge in [0, 0.05) is 5.41 Å². The third-order valence-electron chi connectivity index (χ3n) is 2.45. The first-order valence-corrected chi connectivity index (χ1v) is 6.69. The predicted molar refractivity (Wildman–Crippen MR) is 65.9 cm³/mol. The van der Waals surface area contributed by atoms with Crippen molar-refractivity contribution in [2.45, 2.75) is 6.04 Å². The number of nitriles is 1. The SMILES string of the molecule is N#Cc1ccc(N)c(NC2C=CS(=O)(=O)C2)c1. The number of anilines is 2. The van der Waals surface area contributed by atoms with E-state index in [2.05, 4.69) is 5.32 Å². The van der Waals surface area contributed by atoms with Gasteiger partial charge < -0.3 is 11.1 Å². The number of nitrogen functional groups attached to an aromatic ring is 1. The van der Waals surface area contributed by atoms with Crippen LogP contribution in [0.25, 0.3) is 0 Å². The lowest BCUT2D eigenvalue weighted by atomic mass is 10.1. The predicted octanol–water partition coefficient (Wildman–Crippen LogP) is 0.863. The van der Waals surface area contributed by atoms with E-state index in [1.807, 2.05) is 6.07 Å². The normalized spacial score (nSPS) is 21.0. The van der Waals surface area contributed by atoms with Crippen molar-refractivity contribution in [3.8, 4) is 6.07 Å². The summed E-state index contributed by atoms with van der Waals surface area (Å²) in [5.74, 6) is 0.0171. The molecule has 0 saturated carbocycles. The molecule has 0 aliphatic carbocycles. The molecular weight excluding hydrogens is 238 g/mol.